The van der Waals surface area contributed by atoms with E-state index in [2.05, 4.69) is 22.9 Å². The number of hydrogen-bond donors (Lipinski definition) is 0. The third-order valence-electron chi connectivity index (χ3n) is 3.44. The van der Waals surface area contributed by atoms with Crippen molar-refractivity contribution in [2.45, 2.75) is 49.7 Å². The zero-order valence-corrected chi connectivity index (χ0v) is 11.3. The highest BCUT2D eigenvalue weighted by atomic mass is 79.9. The first-order valence-corrected chi connectivity index (χ1v) is 6.65. The molecule has 0 aliphatic heterocycles. The Morgan fingerprint density at radius 2 is 1.88 bits per heavy atom. The maximum atomic E-state index is 12.4. The molecule has 0 spiro atoms. The normalized spacial score (nSPS) is 29.4. The minimum absolute atomic E-state index is 0.0402. The molecule has 0 radical (unpaired) electrons. The average molecular weight is 302 g/mol. The highest BCUT2D eigenvalue weighted by Crippen LogP contribution is 2.31. The number of nitrogens with zero attached hydrogens (tertiary/aromatic N) is 1. The van der Waals surface area contributed by atoms with E-state index in [4.69, 9.17) is 0 Å². The predicted molar refractivity (Wildman–Crippen MR) is 62.8 cm³/mol. The van der Waals surface area contributed by atoms with Crippen LogP contribution in [0.5, 0.6) is 0 Å². The van der Waals surface area contributed by atoms with Crippen LogP contribution in [0.3, 0.4) is 0 Å². The molecule has 96 valence electrons. The highest BCUT2D eigenvalue weighted by Gasteiger charge is 2.39. The summed E-state index contributed by atoms with van der Waals surface area (Å²) in [6, 6.07) is 0.302. The van der Waals surface area contributed by atoms with Crippen LogP contribution in [0.15, 0.2) is 0 Å². The summed E-state index contributed by atoms with van der Waals surface area (Å²) in [5.74, 6) is 0.506. The maximum absolute atomic E-state index is 12.4. The summed E-state index contributed by atoms with van der Waals surface area (Å²) < 4.78 is 37.2. The van der Waals surface area contributed by atoms with E-state index < -0.39 is 11.0 Å². The van der Waals surface area contributed by atoms with E-state index in [0.717, 1.165) is 19.3 Å². The van der Waals surface area contributed by atoms with E-state index in [9.17, 15) is 13.2 Å². The Balaban J connectivity index is 2.47. The van der Waals surface area contributed by atoms with E-state index in [1.54, 1.807) is 7.05 Å². The summed E-state index contributed by atoms with van der Waals surface area (Å²) in [6.07, 6.45) is 0.357. The van der Waals surface area contributed by atoms with Crippen molar-refractivity contribution in [3.63, 3.8) is 0 Å². The molecule has 0 aromatic heterocycles. The van der Waals surface area contributed by atoms with Crippen LogP contribution >= 0.6 is 15.9 Å². The Labute approximate surface area is 104 Å². The molecule has 0 aromatic rings. The fourth-order valence-corrected chi connectivity index (χ4v) is 2.90. The Morgan fingerprint density at radius 3 is 2.38 bits per heavy atom. The molecule has 1 aliphatic carbocycles. The number of halogens is 4. The van der Waals surface area contributed by atoms with Crippen LogP contribution in [0.2, 0.25) is 0 Å². The Kier molecular flexibility index (Phi) is 5.10. The lowest BCUT2D eigenvalue weighted by molar-refractivity contribution is -0.131. The van der Waals surface area contributed by atoms with Gasteiger partial charge >= 0.3 is 6.18 Å². The lowest BCUT2D eigenvalue weighted by Gasteiger charge is -2.37. The van der Waals surface area contributed by atoms with Crippen LogP contribution in [0.25, 0.3) is 0 Å². The molecular weight excluding hydrogens is 283 g/mol. The van der Waals surface area contributed by atoms with E-state index in [1.807, 2.05) is 4.90 Å². The largest absolute Gasteiger partial charge is 0.402 e. The molecule has 0 amide bonds. The van der Waals surface area contributed by atoms with Crippen LogP contribution in [-0.4, -0.2) is 35.5 Å². The number of hydrogen-bond acceptors (Lipinski definition) is 1. The van der Waals surface area contributed by atoms with Crippen molar-refractivity contribution in [3.05, 3.63) is 0 Å². The Hall–Kier alpha value is 0.230. The molecule has 5 heteroatoms. The van der Waals surface area contributed by atoms with Gasteiger partial charge in [0.15, 0.2) is 0 Å². The van der Waals surface area contributed by atoms with Gasteiger partial charge in [-0.15, -0.1) is 0 Å². The molecule has 16 heavy (non-hydrogen) atoms. The summed E-state index contributed by atoms with van der Waals surface area (Å²) in [4.78, 5) is 0.440. The average Bonchev–Trinajstić information content (AvgIpc) is 2.16. The molecule has 0 heterocycles. The van der Waals surface area contributed by atoms with E-state index >= 15 is 0 Å². The molecule has 3 atom stereocenters. The van der Waals surface area contributed by atoms with Crippen molar-refractivity contribution in [1.82, 2.24) is 4.90 Å². The first-order chi connectivity index (χ1) is 7.32. The topological polar surface area (TPSA) is 3.24 Å². The zero-order valence-electron chi connectivity index (χ0n) is 9.73. The molecule has 0 N–H and O–H groups in total. The summed E-state index contributed by atoms with van der Waals surface area (Å²) >= 11 is 2.72. The lowest BCUT2D eigenvalue weighted by Crippen LogP contribution is -2.44. The van der Waals surface area contributed by atoms with Gasteiger partial charge in [0.25, 0.3) is 0 Å². The molecule has 1 nitrogen and oxygen atoms in total. The quantitative estimate of drug-likeness (QED) is 0.716. The second-order valence-corrected chi connectivity index (χ2v) is 5.88. The number of alkyl halides is 4. The van der Waals surface area contributed by atoms with Crippen LogP contribution in [0.4, 0.5) is 13.2 Å². The van der Waals surface area contributed by atoms with Gasteiger partial charge in [0.1, 0.15) is 4.83 Å². The minimum atomic E-state index is -4.15. The molecule has 0 saturated heterocycles. The third kappa shape index (κ3) is 3.91. The van der Waals surface area contributed by atoms with Crippen molar-refractivity contribution in [1.29, 1.82) is 0 Å². The van der Waals surface area contributed by atoms with E-state index in [0.29, 0.717) is 12.0 Å². The first-order valence-electron chi connectivity index (χ1n) is 5.73. The van der Waals surface area contributed by atoms with Gasteiger partial charge in [-0.05, 0) is 25.8 Å². The van der Waals surface area contributed by atoms with Gasteiger partial charge in [0.05, 0.1) is 0 Å². The van der Waals surface area contributed by atoms with Gasteiger partial charge in [-0.25, -0.2) is 0 Å². The number of rotatable bonds is 3. The van der Waals surface area contributed by atoms with Crippen molar-refractivity contribution < 1.29 is 13.2 Å². The molecular formula is C11H19BrF3N. The standard InChI is InChI=1S/C11H19BrF3N/c1-8-5-3-4-6-9(8)16(2)7-10(12)11(13,14)15/h8-10H,3-7H2,1-2H3. The molecule has 0 bridgehead atoms. The molecule has 1 fully saturated rings. The van der Waals surface area contributed by atoms with Crippen molar-refractivity contribution in [2.75, 3.05) is 13.6 Å². The van der Waals surface area contributed by atoms with Crippen LogP contribution in [-0.2, 0) is 0 Å². The molecule has 3 unspecified atom stereocenters. The minimum Gasteiger partial charge on any atom is -0.302 e. The Bertz CT molecular complexity index is 220. The smallest absolute Gasteiger partial charge is 0.302 e. The van der Waals surface area contributed by atoms with Crippen LogP contribution in [0.1, 0.15) is 32.6 Å². The van der Waals surface area contributed by atoms with Gasteiger partial charge in [-0.3, -0.25) is 0 Å². The summed E-state index contributed by atoms with van der Waals surface area (Å²) in [7, 11) is 1.80. The summed E-state index contributed by atoms with van der Waals surface area (Å²) in [5, 5.41) is 0. The van der Waals surface area contributed by atoms with Crippen molar-refractivity contribution >= 4 is 15.9 Å². The fourth-order valence-electron chi connectivity index (χ4n) is 2.44. The van der Waals surface area contributed by atoms with E-state index in [1.165, 1.54) is 6.42 Å². The third-order valence-corrected chi connectivity index (χ3v) is 4.24. The van der Waals surface area contributed by atoms with Gasteiger partial charge in [-0.2, -0.15) is 13.2 Å². The Morgan fingerprint density at radius 1 is 1.31 bits per heavy atom. The van der Waals surface area contributed by atoms with Gasteiger partial charge in [0, 0.05) is 12.6 Å². The highest BCUT2D eigenvalue weighted by molar-refractivity contribution is 9.09. The molecule has 1 saturated carbocycles. The molecule has 1 aliphatic rings. The predicted octanol–water partition coefficient (Wildman–Crippen LogP) is 3.82. The SMILES string of the molecule is CC1CCCCC1N(C)CC(Br)C(F)(F)F. The van der Waals surface area contributed by atoms with Crippen LogP contribution in [0, 0.1) is 5.92 Å². The zero-order chi connectivity index (χ0) is 12.3. The lowest BCUT2D eigenvalue weighted by atomic mass is 9.85. The van der Waals surface area contributed by atoms with Crippen molar-refractivity contribution in [3.8, 4) is 0 Å². The second kappa shape index (κ2) is 5.71. The summed E-state index contributed by atoms with van der Waals surface area (Å²) in [6.45, 7) is 2.18. The maximum Gasteiger partial charge on any atom is 0.402 e. The van der Waals surface area contributed by atoms with E-state index in [-0.39, 0.29) is 6.54 Å². The summed E-state index contributed by atoms with van der Waals surface area (Å²) in [5.41, 5.74) is 0. The fraction of sp³-hybridized carbons (Fsp3) is 1.00. The second-order valence-electron chi connectivity index (χ2n) is 4.78. The molecule has 1 rings (SSSR count). The molecule has 0 aromatic carbocycles. The first kappa shape index (κ1) is 14.3. The van der Waals surface area contributed by atoms with Crippen molar-refractivity contribution in [2.24, 2.45) is 5.92 Å². The van der Waals surface area contributed by atoms with Gasteiger partial charge in [-0.1, -0.05) is 35.7 Å². The van der Waals surface area contributed by atoms with Gasteiger partial charge < -0.3 is 4.90 Å². The van der Waals surface area contributed by atoms with Gasteiger partial charge in [0.2, 0.25) is 0 Å². The monoisotopic (exact) mass is 301 g/mol. The van der Waals surface area contributed by atoms with Crippen LogP contribution < -0.4 is 0 Å².